The first kappa shape index (κ1) is 13.6. The van der Waals surface area contributed by atoms with Gasteiger partial charge in [0.25, 0.3) is 10.0 Å². The maximum absolute atomic E-state index is 11.7. The summed E-state index contributed by atoms with van der Waals surface area (Å²) in [5, 5.41) is 8.66. The molecule has 0 atom stereocenters. The molecule has 0 saturated carbocycles. The molecule has 92 valence electrons. The highest BCUT2D eigenvalue weighted by atomic mass is 32.2. The first-order chi connectivity index (χ1) is 8.10. The minimum Gasteiger partial charge on any atom is -0.382 e. The van der Waals surface area contributed by atoms with Gasteiger partial charge in [0.15, 0.2) is 0 Å². The Hall–Kier alpha value is -1.46. The van der Waals surface area contributed by atoms with Crippen LogP contribution in [0, 0.1) is 11.3 Å². The van der Waals surface area contributed by atoms with E-state index in [4.69, 9.17) is 14.8 Å². The molecule has 0 spiro atoms. The third-order valence-electron chi connectivity index (χ3n) is 1.83. The summed E-state index contributed by atoms with van der Waals surface area (Å²) in [7, 11) is -2.27. The second-order valence-electron chi connectivity index (χ2n) is 3.07. The average molecular weight is 256 g/mol. The predicted octanol–water partition coefficient (Wildman–Crippen LogP) is 0.415. The fourth-order valence-electron chi connectivity index (χ4n) is 1.03. The maximum atomic E-state index is 11.7. The van der Waals surface area contributed by atoms with Crippen LogP contribution in [0.1, 0.15) is 5.56 Å². The van der Waals surface area contributed by atoms with Crippen molar-refractivity contribution in [2.75, 3.05) is 20.3 Å². The number of nitriles is 1. The Labute approximate surface area is 99.8 Å². The Balaban J connectivity index is 2.73. The summed E-state index contributed by atoms with van der Waals surface area (Å²) < 4.78 is 28.1. The first-order valence-electron chi connectivity index (χ1n) is 4.73. The van der Waals surface area contributed by atoms with E-state index in [0.717, 1.165) is 0 Å². The van der Waals surface area contributed by atoms with Crippen molar-refractivity contribution >= 4 is 10.0 Å². The zero-order valence-corrected chi connectivity index (χ0v) is 10.0. The van der Waals surface area contributed by atoms with Crippen LogP contribution in [0.4, 0.5) is 0 Å². The lowest BCUT2D eigenvalue weighted by molar-refractivity contribution is 0.0438. The largest absolute Gasteiger partial charge is 0.382 e. The van der Waals surface area contributed by atoms with Crippen molar-refractivity contribution in [2.45, 2.75) is 4.90 Å². The van der Waals surface area contributed by atoms with Gasteiger partial charge in [-0.1, -0.05) is 11.0 Å². The van der Waals surface area contributed by atoms with E-state index in [2.05, 4.69) is 0 Å². The number of methoxy groups -OCH3 is 1. The van der Waals surface area contributed by atoms with E-state index < -0.39 is 10.0 Å². The molecule has 0 saturated heterocycles. The molecule has 1 aromatic carbocycles. The van der Waals surface area contributed by atoms with Gasteiger partial charge < -0.3 is 4.74 Å². The van der Waals surface area contributed by atoms with Crippen molar-refractivity contribution < 1.29 is 18.0 Å². The van der Waals surface area contributed by atoms with Crippen LogP contribution in [-0.4, -0.2) is 28.7 Å². The molecule has 0 amide bonds. The summed E-state index contributed by atoms with van der Waals surface area (Å²) in [5.41, 5.74) is 0.268. The molecule has 7 heteroatoms. The molecule has 17 heavy (non-hydrogen) atoms. The molecule has 0 unspecified atom stereocenters. The van der Waals surface area contributed by atoms with Crippen LogP contribution < -0.4 is 4.89 Å². The minimum atomic E-state index is -3.75. The Kier molecular flexibility index (Phi) is 5.06. The SMILES string of the molecule is COCCONS(=O)(=O)c1cccc(C#N)c1. The van der Waals surface area contributed by atoms with Gasteiger partial charge in [0.05, 0.1) is 29.7 Å². The lowest BCUT2D eigenvalue weighted by Crippen LogP contribution is -2.25. The summed E-state index contributed by atoms with van der Waals surface area (Å²) in [6, 6.07) is 7.51. The highest BCUT2D eigenvalue weighted by Gasteiger charge is 2.14. The Morgan fingerprint density at radius 3 is 2.82 bits per heavy atom. The van der Waals surface area contributed by atoms with E-state index in [1.54, 1.807) is 0 Å². The zero-order chi connectivity index (χ0) is 12.7. The Morgan fingerprint density at radius 2 is 2.18 bits per heavy atom. The summed E-state index contributed by atoms with van der Waals surface area (Å²) in [5.74, 6) is 0. The monoisotopic (exact) mass is 256 g/mol. The molecule has 0 fully saturated rings. The van der Waals surface area contributed by atoms with Gasteiger partial charge in [-0.2, -0.15) is 5.26 Å². The number of rotatable bonds is 6. The number of nitrogens with one attached hydrogen (secondary N) is 1. The van der Waals surface area contributed by atoms with Crippen LogP contribution in [-0.2, 0) is 19.6 Å². The molecule has 1 N–H and O–H groups in total. The molecule has 0 bridgehead atoms. The number of hydrogen-bond acceptors (Lipinski definition) is 5. The standard InChI is InChI=1S/C10H12N2O4S/c1-15-5-6-16-12-17(13,14)10-4-2-3-9(7-10)8-11/h2-4,7,12H,5-6H2,1H3. The van der Waals surface area contributed by atoms with Gasteiger partial charge in [0.1, 0.15) is 0 Å². The van der Waals surface area contributed by atoms with Crippen LogP contribution in [0.25, 0.3) is 0 Å². The van der Waals surface area contributed by atoms with Crippen molar-refractivity contribution in [3.05, 3.63) is 29.8 Å². The predicted molar refractivity (Wildman–Crippen MR) is 59.3 cm³/mol. The normalized spacial score (nSPS) is 11.1. The molecule has 0 aliphatic rings. The number of hydrogen-bond donors (Lipinski definition) is 1. The van der Waals surface area contributed by atoms with Gasteiger partial charge in [-0.15, -0.1) is 0 Å². The molecule has 1 aromatic rings. The lowest BCUT2D eigenvalue weighted by atomic mass is 10.2. The quantitative estimate of drug-likeness (QED) is 0.588. The van der Waals surface area contributed by atoms with E-state index in [1.165, 1.54) is 31.4 Å². The summed E-state index contributed by atoms with van der Waals surface area (Å²) >= 11 is 0. The van der Waals surface area contributed by atoms with Crippen molar-refractivity contribution in [1.82, 2.24) is 4.89 Å². The van der Waals surface area contributed by atoms with Crippen LogP contribution in [0.3, 0.4) is 0 Å². The summed E-state index contributed by atoms with van der Waals surface area (Å²) in [6.07, 6.45) is 0. The number of benzene rings is 1. The molecule has 0 aromatic heterocycles. The number of nitrogens with zero attached hydrogens (tertiary/aromatic N) is 1. The fourth-order valence-corrected chi connectivity index (χ4v) is 1.90. The van der Waals surface area contributed by atoms with E-state index in [9.17, 15) is 8.42 Å². The molecule has 0 radical (unpaired) electrons. The van der Waals surface area contributed by atoms with Gasteiger partial charge in [-0.05, 0) is 18.2 Å². The summed E-state index contributed by atoms with van der Waals surface area (Å²) in [4.78, 5) is 6.65. The molecule has 1 rings (SSSR count). The number of sulfonamides is 1. The third-order valence-corrected chi connectivity index (χ3v) is 3.04. The highest BCUT2D eigenvalue weighted by molar-refractivity contribution is 7.89. The van der Waals surface area contributed by atoms with E-state index in [-0.39, 0.29) is 23.7 Å². The van der Waals surface area contributed by atoms with Crippen LogP contribution in [0.5, 0.6) is 0 Å². The average Bonchev–Trinajstić information content (AvgIpc) is 2.35. The second-order valence-corrected chi connectivity index (χ2v) is 4.71. The number of ether oxygens (including phenoxy) is 1. The van der Waals surface area contributed by atoms with E-state index in [0.29, 0.717) is 0 Å². The van der Waals surface area contributed by atoms with Crippen LogP contribution in [0.15, 0.2) is 29.2 Å². The Bertz CT molecular complexity index is 507. The second kappa shape index (κ2) is 6.32. The van der Waals surface area contributed by atoms with Crippen LogP contribution in [0.2, 0.25) is 0 Å². The lowest BCUT2D eigenvalue weighted by Gasteiger charge is -2.06. The molecule has 0 heterocycles. The van der Waals surface area contributed by atoms with Crippen LogP contribution >= 0.6 is 0 Å². The van der Waals surface area contributed by atoms with Gasteiger partial charge in [-0.3, -0.25) is 4.84 Å². The third kappa shape index (κ3) is 4.13. The summed E-state index contributed by atoms with van der Waals surface area (Å²) in [6.45, 7) is 0.383. The molecular weight excluding hydrogens is 244 g/mol. The highest BCUT2D eigenvalue weighted by Crippen LogP contribution is 2.10. The van der Waals surface area contributed by atoms with Gasteiger partial charge in [-0.25, -0.2) is 8.42 Å². The van der Waals surface area contributed by atoms with Crippen molar-refractivity contribution in [3.8, 4) is 6.07 Å². The smallest absolute Gasteiger partial charge is 0.262 e. The Morgan fingerprint density at radius 1 is 1.41 bits per heavy atom. The fraction of sp³-hybridized carbons (Fsp3) is 0.300. The van der Waals surface area contributed by atoms with Gasteiger partial charge >= 0.3 is 0 Å². The van der Waals surface area contributed by atoms with E-state index in [1.807, 2.05) is 11.0 Å². The molecule has 0 aliphatic heterocycles. The minimum absolute atomic E-state index is 0.0195. The van der Waals surface area contributed by atoms with Crippen molar-refractivity contribution in [2.24, 2.45) is 0 Å². The first-order valence-corrected chi connectivity index (χ1v) is 6.21. The molecule has 6 nitrogen and oxygen atoms in total. The van der Waals surface area contributed by atoms with E-state index >= 15 is 0 Å². The van der Waals surface area contributed by atoms with Gasteiger partial charge in [0, 0.05) is 7.11 Å². The van der Waals surface area contributed by atoms with Crippen molar-refractivity contribution in [1.29, 1.82) is 5.26 Å². The molecule has 0 aliphatic carbocycles. The van der Waals surface area contributed by atoms with Gasteiger partial charge in [0.2, 0.25) is 0 Å². The topological polar surface area (TPSA) is 88.4 Å². The van der Waals surface area contributed by atoms with Crippen molar-refractivity contribution in [3.63, 3.8) is 0 Å². The molecular formula is C10H12N2O4S. The zero-order valence-electron chi connectivity index (χ0n) is 9.21. The maximum Gasteiger partial charge on any atom is 0.262 e.